The van der Waals surface area contributed by atoms with Crippen LogP contribution in [-0.2, 0) is 28.7 Å². The summed E-state index contributed by atoms with van der Waals surface area (Å²) >= 11 is 0. The van der Waals surface area contributed by atoms with E-state index < -0.39 is 12.1 Å². The number of rotatable bonds is 13. The SMILES string of the molecule is C=CCCOC(=O)[C@H]1CCCN1C(=O)CCCCC(=O)N1CCC[C@@H]1C(=O)OCCC=C. The van der Waals surface area contributed by atoms with Crippen molar-refractivity contribution in [2.24, 2.45) is 0 Å². The third kappa shape index (κ3) is 7.50. The summed E-state index contributed by atoms with van der Waals surface area (Å²) in [6, 6.07) is -1.02. The van der Waals surface area contributed by atoms with E-state index in [9.17, 15) is 19.2 Å². The molecular weight excluding hydrogens is 412 g/mol. The van der Waals surface area contributed by atoms with Crippen LogP contribution in [0.4, 0.5) is 0 Å². The smallest absolute Gasteiger partial charge is 0.328 e. The monoisotopic (exact) mass is 448 g/mol. The number of hydrogen-bond acceptors (Lipinski definition) is 6. The molecule has 8 nitrogen and oxygen atoms in total. The molecule has 0 aromatic carbocycles. The first-order valence-electron chi connectivity index (χ1n) is 11.6. The Morgan fingerprint density at radius 1 is 0.750 bits per heavy atom. The maximum absolute atomic E-state index is 12.6. The highest BCUT2D eigenvalue weighted by atomic mass is 16.5. The molecule has 0 aromatic rings. The van der Waals surface area contributed by atoms with Gasteiger partial charge in [-0.15, -0.1) is 13.2 Å². The van der Waals surface area contributed by atoms with Gasteiger partial charge in [0.2, 0.25) is 11.8 Å². The second kappa shape index (κ2) is 13.7. The number of nitrogens with zero attached hydrogens (tertiary/aromatic N) is 2. The number of amides is 2. The maximum atomic E-state index is 12.6. The van der Waals surface area contributed by atoms with Gasteiger partial charge in [0.15, 0.2) is 0 Å². The molecule has 2 aliphatic rings. The molecule has 2 aliphatic heterocycles. The van der Waals surface area contributed by atoms with Gasteiger partial charge in [-0.25, -0.2) is 9.59 Å². The molecule has 0 saturated carbocycles. The predicted octanol–water partition coefficient (Wildman–Crippen LogP) is 2.77. The number of unbranched alkanes of at least 4 members (excludes halogenated alkanes) is 1. The van der Waals surface area contributed by atoms with Gasteiger partial charge in [0, 0.05) is 25.9 Å². The van der Waals surface area contributed by atoms with Gasteiger partial charge in [0.25, 0.3) is 0 Å². The van der Waals surface area contributed by atoms with Crippen molar-refractivity contribution in [1.82, 2.24) is 9.80 Å². The van der Waals surface area contributed by atoms with Gasteiger partial charge < -0.3 is 19.3 Å². The van der Waals surface area contributed by atoms with E-state index in [1.165, 1.54) is 0 Å². The molecule has 2 saturated heterocycles. The molecule has 0 radical (unpaired) electrons. The number of ether oxygens (including phenoxy) is 2. The predicted molar refractivity (Wildman–Crippen MR) is 119 cm³/mol. The summed E-state index contributed by atoms with van der Waals surface area (Å²) in [5.74, 6) is -0.864. The van der Waals surface area contributed by atoms with Gasteiger partial charge in [-0.3, -0.25) is 9.59 Å². The lowest BCUT2D eigenvalue weighted by molar-refractivity contribution is -0.153. The largest absolute Gasteiger partial charge is 0.464 e. The van der Waals surface area contributed by atoms with E-state index in [1.807, 2.05) is 0 Å². The summed E-state index contributed by atoms with van der Waals surface area (Å²) in [5, 5.41) is 0. The molecule has 0 unspecified atom stereocenters. The highest BCUT2D eigenvalue weighted by molar-refractivity contribution is 5.86. The fourth-order valence-corrected chi connectivity index (χ4v) is 4.14. The minimum atomic E-state index is -0.508. The number of esters is 2. The van der Waals surface area contributed by atoms with Crippen molar-refractivity contribution in [3.05, 3.63) is 25.3 Å². The summed E-state index contributed by atoms with van der Waals surface area (Å²) in [6.07, 6.45) is 9.04. The average molecular weight is 449 g/mol. The number of carbonyl (C=O) groups is 4. The minimum absolute atomic E-state index is 0.0783. The Morgan fingerprint density at radius 3 is 1.53 bits per heavy atom. The summed E-state index contributed by atoms with van der Waals surface area (Å²) in [4.78, 5) is 52.9. The molecule has 2 atom stereocenters. The number of hydrogen-bond donors (Lipinski definition) is 0. The highest BCUT2D eigenvalue weighted by Gasteiger charge is 2.36. The van der Waals surface area contributed by atoms with Crippen LogP contribution in [0, 0.1) is 0 Å². The van der Waals surface area contributed by atoms with Crippen molar-refractivity contribution >= 4 is 23.8 Å². The first-order valence-corrected chi connectivity index (χ1v) is 11.6. The maximum Gasteiger partial charge on any atom is 0.328 e. The lowest BCUT2D eigenvalue weighted by Crippen LogP contribution is -2.42. The molecule has 0 aliphatic carbocycles. The fourth-order valence-electron chi connectivity index (χ4n) is 4.14. The van der Waals surface area contributed by atoms with Crippen LogP contribution < -0.4 is 0 Å². The summed E-state index contributed by atoms with van der Waals surface area (Å²) in [7, 11) is 0. The Morgan fingerprint density at radius 2 is 1.16 bits per heavy atom. The van der Waals surface area contributed by atoms with E-state index in [-0.39, 0.29) is 49.8 Å². The number of likely N-dealkylation sites (tertiary alicyclic amines) is 2. The topological polar surface area (TPSA) is 93.2 Å². The fraction of sp³-hybridized carbons (Fsp3) is 0.667. The van der Waals surface area contributed by atoms with Gasteiger partial charge in [-0.05, 0) is 51.4 Å². The molecule has 8 heteroatoms. The van der Waals surface area contributed by atoms with E-state index in [0.29, 0.717) is 51.6 Å². The standard InChI is InChI=1S/C24H36N2O6/c1-3-5-17-31-23(29)19-11-9-15-25(19)21(27)13-7-8-14-22(28)26-16-10-12-20(26)24(30)32-18-6-4-2/h3-4,19-20H,1-2,5-18H2/t19-,20-/m1/s1. The van der Waals surface area contributed by atoms with Gasteiger partial charge in [-0.1, -0.05) is 12.2 Å². The Bertz CT molecular complexity index is 634. The van der Waals surface area contributed by atoms with Crippen molar-refractivity contribution in [2.45, 2.75) is 76.3 Å². The zero-order valence-corrected chi connectivity index (χ0v) is 19.0. The molecule has 2 rings (SSSR count). The number of carbonyl (C=O) groups excluding carboxylic acids is 4. The molecule has 2 amide bonds. The van der Waals surface area contributed by atoms with Crippen molar-refractivity contribution < 1.29 is 28.7 Å². The summed E-state index contributed by atoms with van der Waals surface area (Å²) in [6.45, 7) is 8.87. The van der Waals surface area contributed by atoms with Crippen LogP contribution in [0.15, 0.2) is 25.3 Å². The summed E-state index contributed by atoms with van der Waals surface area (Å²) < 4.78 is 10.4. The molecule has 32 heavy (non-hydrogen) atoms. The van der Waals surface area contributed by atoms with E-state index in [0.717, 1.165) is 12.8 Å². The first-order chi connectivity index (χ1) is 15.5. The molecule has 0 bridgehead atoms. The van der Waals surface area contributed by atoms with Crippen LogP contribution in [0.25, 0.3) is 0 Å². The zero-order chi connectivity index (χ0) is 23.3. The Labute approximate surface area is 190 Å². The lowest BCUT2D eigenvalue weighted by Gasteiger charge is -2.24. The summed E-state index contributed by atoms with van der Waals surface area (Å²) in [5.41, 5.74) is 0. The van der Waals surface area contributed by atoms with Gasteiger partial charge >= 0.3 is 11.9 Å². The average Bonchev–Trinajstić information content (AvgIpc) is 3.46. The van der Waals surface area contributed by atoms with Crippen LogP contribution in [-0.4, -0.2) is 71.9 Å². The molecule has 178 valence electrons. The second-order valence-electron chi connectivity index (χ2n) is 8.19. The quantitative estimate of drug-likeness (QED) is 0.244. The molecular formula is C24H36N2O6. The van der Waals surface area contributed by atoms with Crippen molar-refractivity contribution in [3.8, 4) is 0 Å². The van der Waals surface area contributed by atoms with Gasteiger partial charge in [0.1, 0.15) is 12.1 Å². The van der Waals surface area contributed by atoms with E-state index >= 15 is 0 Å². The minimum Gasteiger partial charge on any atom is -0.464 e. The van der Waals surface area contributed by atoms with E-state index in [2.05, 4.69) is 13.2 Å². The van der Waals surface area contributed by atoms with Crippen LogP contribution in [0.1, 0.15) is 64.2 Å². The van der Waals surface area contributed by atoms with Crippen LogP contribution in [0.2, 0.25) is 0 Å². The van der Waals surface area contributed by atoms with E-state index in [4.69, 9.17) is 9.47 Å². The van der Waals surface area contributed by atoms with Crippen molar-refractivity contribution in [1.29, 1.82) is 0 Å². The second-order valence-corrected chi connectivity index (χ2v) is 8.19. The third-order valence-corrected chi connectivity index (χ3v) is 5.85. The molecule has 0 aromatic heterocycles. The highest BCUT2D eigenvalue weighted by Crippen LogP contribution is 2.22. The van der Waals surface area contributed by atoms with Crippen molar-refractivity contribution in [3.63, 3.8) is 0 Å². The van der Waals surface area contributed by atoms with Crippen LogP contribution in [0.5, 0.6) is 0 Å². The normalized spacial score (nSPS) is 20.1. The van der Waals surface area contributed by atoms with E-state index in [1.54, 1.807) is 22.0 Å². The third-order valence-electron chi connectivity index (χ3n) is 5.85. The lowest BCUT2D eigenvalue weighted by atomic mass is 10.1. The Hall–Kier alpha value is -2.64. The molecule has 2 heterocycles. The zero-order valence-electron chi connectivity index (χ0n) is 19.0. The first kappa shape index (κ1) is 25.6. The van der Waals surface area contributed by atoms with Crippen molar-refractivity contribution in [2.75, 3.05) is 26.3 Å². The van der Waals surface area contributed by atoms with Crippen LogP contribution >= 0.6 is 0 Å². The van der Waals surface area contributed by atoms with Gasteiger partial charge in [0.05, 0.1) is 13.2 Å². The Kier molecular flexibility index (Phi) is 11.0. The van der Waals surface area contributed by atoms with Gasteiger partial charge in [-0.2, -0.15) is 0 Å². The Balaban J connectivity index is 1.71. The molecule has 0 spiro atoms. The molecule has 0 N–H and O–H groups in total. The van der Waals surface area contributed by atoms with Crippen LogP contribution in [0.3, 0.4) is 0 Å². The molecule has 2 fully saturated rings.